The summed E-state index contributed by atoms with van der Waals surface area (Å²) in [6, 6.07) is 0.534. The topological polar surface area (TPSA) is 39.1 Å². The number of hydrogen-bond acceptors (Lipinski definition) is 3. The molecule has 2 atom stereocenters. The Bertz CT molecular complexity index is 405. The third kappa shape index (κ3) is 2.87. The molecule has 0 spiro atoms. The van der Waals surface area contributed by atoms with Crippen LogP contribution in [-0.2, 0) is 17.8 Å². The van der Waals surface area contributed by atoms with E-state index in [9.17, 15) is 0 Å². The maximum absolute atomic E-state index is 6.29. The van der Waals surface area contributed by atoms with Crippen LogP contribution in [0.5, 0.6) is 0 Å². The Morgan fingerprint density at radius 2 is 2.28 bits per heavy atom. The summed E-state index contributed by atoms with van der Waals surface area (Å²) in [5.74, 6) is 0. The van der Waals surface area contributed by atoms with Crippen molar-refractivity contribution in [2.24, 2.45) is 0 Å². The van der Waals surface area contributed by atoms with Gasteiger partial charge in [-0.05, 0) is 33.1 Å². The van der Waals surface area contributed by atoms with Crippen molar-refractivity contribution in [3.8, 4) is 0 Å². The minimum atomic E-state index is 0.413. The monoisotopic (exact) mass is 271 g/mol. The van der Waals surface area contributed by atoms with E-state index in [1.807, 2.05) is 11.6 Å². The molecular weight excluding hydrogens is 250 g/mol. The molecule has 102 valence electrons. The smallest absolute Gasteiger partial charge is 0.0860 e. The standard InChI is InChI=1S/C13H22ClN3O/c1-4-17-12(13(14)9(2)16-17)8-15-10-5-6-11(7-10)18-3/h10-11,15H,4-8H2,1-3H3. The van der Waals surface area contributed by atoms with Crippen LogP contribution in [0.15, 0.2) is 0 Å². The number of halogens is 1. The average Bonchev–Trinajstić information content (AvgIpc) is 2.94. The summed E-state index contributed by atoms with van der Waals surface area (Å²) in [6.07, 6.45) is 3.83. The molecule has 1 aliphatic carbocycles. The van der Waals surface area contributed by atoms with Gasteiger partial charge < -0.3 is 10.1 Å². The van der Waals surface area contributed by atoms with Crippen LogP contribution in [-0.4, -0.2) is 29.0 Å². The molecular formula is C13H22ClN3O. The SMILES string of the molecule is CCn1nc(C)c(Cl)c1CNC1CCC(OC)C1. The molecule has 0 saturated heterocycles. The molecule has 0 aliphatic heterocycles. The molecule has 1 heterocycles. The number of methoxy groups -OCH3 is 1. The number of ether oxygens (including phenoxy) is 1. The Labute approximate surface area is 114 Å². The van der Waals surface area contributed by atoms with Crippen LogP contribution in [0.25, 0.3) is 0 Å². The second kappa shape index (κ2) is 6.04. The molecule has 1 aromatic heterocycles. The van der Waals surface area contributed by atoms with Gasteiger partial charge in [-0.2, -0.15) is 5.10 Å². The van der Waals surface area contributed by atoms with Gasteiger partial charge in [-0.25, -0.2) is 0 Å². The molecule has 2 unspecified atom stereocenters. The van der Waals surface area contributed by atoms with Gasteiger partial charge in [0.25, 0.3) is 0 Å². The number of aryl methyl sites for hydroxylation is 2. The van der Waals surface area contributed by atoms with E-state index in [1.165, 1.54) is 6.42 Å². The molecule has 0 radical (unpaired) electrons. The van der Waals surface area contributed by atoms with E-state index in [4.69, 9.17) is 16.3 Å². The quantitative estimate of drug-likeness (QED) is 0.894. The molecule has 1 saturated carbocycles. The van der Waals surface area contributed by atoms with E-state index < -0.39 is 0 Å². The Morgan fingerprint density at radius 1 is 1.50 bits per heavy atom. The Balaban J connectivity index is 1.94. The second-order valence-corrected chi connectivity index (χ2v) is 5.29. The Kier molecular flexibility index (Phi) is 4.65. The van der Waals surface area contributed by atoms with Gasteiger partial charge in [0.15, 0.2) is 0 Å². The molecule has 0 bridgehead atoms. The van der Waals surface area contributed by atoms with E-state index in [2.05, 4.69) is 17.3 Å². The third-order valence-corrected chi connectivity index (χ3v) is 4.22. The highest BCUT2D eigenvalue weighted by Gasteiger charge is 2.24. The first kappa shape index (κ1) is 13.8. The lowest BCUT2D eigenvalue weighted by Crippen LogP contribution is -2.28. The second-order valence-electron chi connectivity index (χ2n) is 4.91. The van der Waals surface area contributed by atoms with Crippen molar-refractivity contribution in [3.05, 3.63) is 16.4 Å². The van der Waals surface area contributed by atoms with Gasteiger partial charge in [0, 0.05) is 26.2 Å². The normalized spacial score (nSPS) is 23.8. The van der Waals surface area contributed by atoms with Gasteiger partial charge in [0.05, 0.1) is 22.5 Å². The van der Waals surface area contributed by atoms with Crippen LogP contribution in [0.3, 0.4) is 0 Å². The van der Waals surface area contributed by atoms with Crippen LogP contribution < -0.4 is 5.32 Å². The first-order valence-corrected chi connectivity index (χ1v) is 7.01. The van der Waals surface area contributed by atoms with Gasteiger partial charge in [-0.1, -0.05) is 11.6 Å². The van der Waals surface area contributed by atoms with Crippen molar-refractivity contribution in [1.82, 2.24) is 15.1 Å². The number of nitrogens with zero attached hydrogens (tertiary/aromatic N) is 2. The zero-order valence-corrected chi connectivity index (χ0v) is 12.1. The molecule has 18 heavy (non-hydrogen) atoms. The molecule has 2 rings (SSSR count). The molecule has 5 heteroatoms. The fraction of sp³-hybridized carbons (Fsp3) is 0.769. The molecule has 1 fully saturated rings. The van der Waals surface area contributed by atoms with Gasteiger partial charge >= 0.3 is 0 Å². The largest absolute Gasteiger partial charge is 0.381 e. The van der Waals surface area contributed by atoms with Crippen LogP contribution in [0, 0.1) is 6.92 Å². The van der Waals surface area contributed by atoms with Gasteiger partial charge in [0.2, 0.25) is 0 Å². The predicted octanol–water partition coefficient (Wildman–Crippen LogP) is 2.52. The lowest BCUT2D eigenvalue weighted by atomic mass is 10.2. The van der Waals surface area contributed by atoms with Crippen molar-refractivity contribution in [2.45, 2.75) is 58.3 Å². The highest BCUT2D eigenvalue weighted by atomic mass is 35.5. The minimum absolute atomic E-state index is 0.413. The molecule has 1 aromatic rings. The third-order valence-electron chi connectivity index (χ3n) is 3.73. The van der Waals surface area contributed by atoms with E-state index in [-0.39, 0.29) is 0 Å². The zero-order chi connectivity index (χ0) is 13.1. The fourth-order valence-corrected chi connectivity index (χ4v) is 2.82. The van der Waals surface area contributed by atoms with Crippen molar-refractivity contribution in [2.75, 3.05) is 7.11 Å². The maximum Gasteiger partial charge on any atom is 0.0860 e. The van der Waals surface area contributed by atoms with Crippen LogP contribution in [0.2, 0.25) is 5.02 Å². The number of rotatable bonds is 5. The summed E-state index contributed by atoms with van der Waals surface area (Å²) in [6.45, 7) is 5.68. The lowest BCUT2D eigenvalue weighted by molar-refractivity contribution is 0.107. The predicted molar refractivity (Wildman–Crippen MR) is 72.9 cm³/mol. The molecule has 1 N–H and O–H groups in total. The van der Waals surface area contributed by atoms with Crippen LogP contribution in [0.1, 0.15) is 37.6 Å². The van der Waals surface area contributed by atoms with Crippen LogP contribution in [0.4, 0.5) is 0 Å². The van der Waals surface area contributed by atoms with E-state index in [0.717, 1.165) is 42.3 Å². The maximum atomic E-state index is 6.29. The number of aromatic nitrogens is 2. The lowest BCUT2D eigenvalue weighted by Gasteiger charge is -2.13. The van der Waals surface area contributed by atoms with Crippen LogP contribution >= 0.6 is 11.6 Å². The zero-order valence-electron chi connectivity index (χ0n) is 11.4. The minimum Gasteiger partial charge on any atom is -0.381 e. The summed E-state index contributed by atoms with van der Waals surface area (Å²) in [7, 11) is 1.79. The molecule has 0 aromatic carbocycles. The van der Waals surface area contributed by atoms with Gasteiger partial charge in [-0.15, -0.1) is 0 Å². The molecule has 1 aliphatic rings. The highest BCUT2D eigenvalue weighted by Crippen LogP contribution is 2.24. The Hall–Kier alpha value is -0.580. The highest BCUT2D eigenvalue weighted by molar-refractivity contribution is 6.31. The van der Waals surface area contributed by atoms with Gasteiger partial charge in [-0.3, -0.25) is 4.68 Å². The van der Waals surface area contributed by atoms with E-state index in [0.29, 0.717) is 12.1 Å². The van der Waals surface area contributed by atoms with E-state index in [1.54, 1.807) is 7.11 Å². The summed E-state index contributed by atoms with van der Waals surface area (Å²) in [5, 5.41) is 8.79. The number of hydrogen-bond donors (Lipinski definition) is 1. The summed E-state index contributed by atoms with van der Waals surface area (Å²) < 4.78 is 7.36. The summed E-state index contributed by atoms with van der Waals surface area (Å²) >= 11 is 6.29. The summed E-state index contributed by atoms with van der Waals surface area (Å²) in [5.41, 5.74) is 2.01. The van der Waals surface area contributed by atoms with Crippen molar-refractivity contribution in [1.29, 1.82) is 0 Å². The van der Waals surface area contributed by atoms with Crippen molar-refractivity contribution >= 4 is 11.6 Å². The van der Waals surface area contributed by atoms with Crippen molar-refractivity contribution in [3.63, 3.8) is 0 Å². The van der Waals surface area contributed by atoms with Crippen molar-refractivity contribution < 1.29 is 4.74 Å². The molecule has 4 nitrogen and oxygen atoms in total. The Morgan fingerprint density at radius 3 is 2.89 bits per heavy atom. The molecule has 0 amide bonds. The first-order valence-electron chi connectivity index (χ1n) is 6.63. The van der Waals surface area contributed by atoms with E-state index >= 15 is 0 Å². The average molecular weight is 272 g/mol. The fourth-order valence-electron chi connectivity index (χ4n) is 2.62. The summed E-state index contributed by atoms with van der Waals surface area (Å²) in [4.78, 5) is 0. The number of nitrogens with one attached hydrogen (secondary N) is 1. The van der Waals surface area contributed by atoms with Gasteiger partial charge in [0.1, 0.15) is 0 Å². The first-order chi connectivity index (χ1) is 8.65.